The Morgan fingerprint density at radius 2 is 1.92 bits per heavy atom. The molecule has 1 amide bonds. The third-order valence-electron chi connectivity index (χ3n) is 1.42. The number of nitrogens with two attached hydrogens (primary N) is 1. The van der Waals surface area contributed by atoms with Crippen LogP contribution in [0, 0.1) is 0 Å². The number of esters is 1. The monoisotopic (exact) mass is 174 g/mol. The number of hydrogen-bond donors (Lipinski definition) is 2. The highest BCUT2D eigenvalue weighted by Gasteiger charge is 2.01. The van der Waals surface area contributed by atoms with Crippen molar-refractivity contribution in [1.82, 2.24) is 5.43 Å². The second-order valence-electron chi connectivity index (χ2n) is 2.35. The first-order valence-electron chi connectivity index (χ1n) is 3.77. The van der Waals surface area contributed by atoms with Crippen molar-refractivity contribution in [2.45, 2.75) is 25.7 Å². The summed E-state index contributed by atoms with van der Waals surface area (Å²) in [6.45, 7) is 0. The van der Waals surface area contributed by atoms with Crippen LogP contribution < -0.4 is 11.3 Å². The van der Waals surface area contributed by atoms with E-state index in [2.05, 4.69) is 4.74 Å². The molecule has 0 radical (unpaired) electrons. The van der Waals surface area contributed by atoms with Gasteiger partial charge in [0.2, 0.25) is 5.91 Å². The zero-order chi connectivity index (χ0) is 9.40. The van der Waals surface area contributed by atoms with Gasteiger partial charge in [0, 0.05) is 12.8 Å². The molecule has 70 valence electrons. The number of carbonyl (C=O) groups excluding carboxylic acids is 2. The number of unbranched alkanes of at least 4 members (excludes halogenated alkanes) is 1. The van der Waals surface area contributed by atoms with Crippen molar-refractivity contribution in [3.05, 3.63) is 0 Å². The van der Waals surface area contributed by atoms with Crippen LogP contribution >= 0.6 is 0 Å². The number of ether oxygens (including phenoxy) is 1. The highest BCUT2D eigenvalue weighted by atomic mass is 16.5. The molecule has 3 N–H and O–H groups in total. The topological polar surface area (TPSA) is 81.4 Å². The molecule has 5 heteroatoms. The Morgan fingerprint density at radius 1 is 1.33 bits per heavy atom. The zero-order valence-corrected chi connectivity index (χ0v) is 7.13. The zero-order valence-electron chi connectivity index (χ0n) is 7.13. The minimum absolute atomic E-state index is 0.208. The standard InChI is InChI=1S/C7H14N2O3/c1-12-7(11)5-3-2-4-6(10)9-8/h2-5,8H2,1H3,(H,9,10). The third-order valence-corrected chi connectivity index (χ3v) is 1.42. The third kappa shape index (κ3) is 5.67. The van der Waals surface area contributed by atoms with Crippen LogP contribution in [0.25, 0.3) is 0 Å². The second-order valence-corrected chi connectivity index (χ2v) is 2.35. The van der Waals surface area contributed by atoms with Crippen molar-refractivity contribution in [2.24, 2.45) is 5.84 Å². The van der Waals surface area contributed by atoms with Gasteiger partial charge in [-0.25, -0.2) is 5.84 Å². The van der Waals surface area contributed by atoms with Gasteiger partial charge in [0.15, 0.2) is 0 Å². The fraction of sp³-hybridized carbons (Fsp3) is 0.714. The Labute approximate surface area is 71.2 Å². The predicted octanol–water partition coefficient (Wildman–Crippen LogP) is -0.290. The lowest BCUT2D eigenvalue weighted by Crippen LogP contribution is -2.29. The van der Waals surface area contributed by atoms with E-state index in [-0.39, 0.29) is 11.9 Å². The number of carbonyl (C=O) groups is 2. The molecule has 5 nitrogen and oxygen atoms in total. The van der Waals surface area contributed by atoms with Gasteiger partial charge >= 0.3 is 5.97 Å². The quantitative estimate of drug-likeness (QED) is 0.197. The number of hydrazine groups is 1. The summed E-state index contributed by atoms with van der Waals surface area (Å²) in [7, 11) is 1.34. The largest absolute Gasteiger partial charge is 0.469 e. The van der Waals surface area contributed by atoms with Gasteiger partial charge in [0.05, 0.1) is 7.11 Å². The summed E-state index contributed by atoms with van der Waals surface area (Å²) in [5, 5.41) is 0. The number of hydrogen-bond acceptors (Lipinski definition) is 4. The van der Waals surface area contributed by atoms with Gasteiger partial charge in [-0.1, -0.05) is 0 Å². The van der Waals surface area contributed by atoms with Crippen LogP contribution in [0.15, 0.2) is 0 Å². The molecule has 0 aromatic rings. The first kappa shape index (κ1) is 10.9. The molecule has 0 aromatic carbocycles. The van der Waals surface area contributed by atoms with Gasteiger partial charge in [0.1, 0.15) is 0 Å². The lowest BCUT2D eigenvalue weighted by molar-refractivity contribution is -0.140. The maximum Gasteiger partial charge on any atom is 0.305 e. The maximum atomic E-state index is 10.6. The van der Waals surface area contributed by atoms with E-state index in [9.17, 15) is 9.59 Å². The van der Waals surface area contributed by atoms with Crippen molar-refractivity contribution in [1.29, 1.82) is 0 Å². The van der Waals surface area contributed by atoms with Gasteiger partial charge in [-0.3, -0.25) is 15.0 Å². The van der Waals surface area contributed by atoms with E-state index in [0.717, 1.165) is 0 Å². The van der Waals surface area contributed by atoms with Crippen LogP contribution in [0.2, 0.25) is 0 Å². The van der Waals surface area contributed by atoms with Gasteiger partial charge in [0.25, 0.3) is 0 Å². The van der Waals surface area contributed by atoms with E-state index < -0.39 is 0 Å². The SMILES string of the molecule is COC(=O)CCCCC(=O)NN. The minimum atomic E-state index is -0.247. The van der Waals surface area contributed by atoms with Crippen LogP contribution in [0.5, 0.6) is 0 Å². The number of rotatable bonds is 5. The molecular formula is C7H14N2O3. The average Bonchev–Trinajstić information content (AvgIpc) is 2.11. The van der Waals surface area contributed by atoms with Crippen LogP contribution in [0.4, 0.5) is 0 Å². The Kier molecular flexibility index (Phi) is 6.00. The van der Waals surface area contributed by atoms with Crippen LogP contribution in [0.3, 0.4) is 0 Å². The van der Waals surface area contributed by atoms with E-state index in [0.29, 0.717) is 25.7 Å². The molecular weight excluding hydrogens is 160 g/mol. The molecule has 0 saturated carbocycles. The molecule has 0 fully saturated rings. The molecule has 0 unspecified atom stereocenters. The summed E-state index contributed by atoms with van der Waals surface area (Å²) in [6, 6.07) is 0. The Balaban J connectivity index is 3.21. The van der Waals surface area contributed by atoms with Crippen molar-refractivity contribution >= 4 is 11.9 Å². The van der Waals surface area contributed by atoms with Gasteiger partial charge in [-0.15, -0.1) is 0 Å². The lowest BCUT2D eigenvalue weighted by atomic mass is 10.2. The number of methoxy groups -OCH3 is 1. The van der Waals surface area contributed by atoms with E-state index in [4.69, 9.17) is 5.84 Å². The van der Waals surface area contributed by atoms with Gasteiger partial charge < -0.3 is 4.74 Å². The summed E-state index contributed by atoms with van der Waals surface area (Å²) in [6.07, 6.45) is 2.01. The molecule has 0 aliphatic carbocycles. The molecule has 0 heterocycles. The Bertz CT molecular complexity index is 141. The van der Waals surface area contributed by atoms with Gasteiger partial charge in [-0.2, -0.15) is 0 Å². The van der Waals surface area contributed by atoms with Crippen molar-refractivity contribution in [2.75, 3.05) is 7.11 Å². The fourth-order valence-corrected chi connectivity index (χ4v) is 0.729. The first-order chi connectivity index (χ1) is 5.70. The molecule has 0 aliphatic rings. The Hall–Kier alpha value is -1.10. The van der Waals surface area contributed by atoms with Crippen molar-refractivity contribution in [3.8, 4) is 0 Å². The predicted molar refractivity (Wildman–Crippen MR) is 42.8 cm³/mol. The number of amides is 1. The molecule has 0 aromatic heterocycles. The first-order valence-corrected chi connectivity index (χ1v) is 3.77. The molecule has 0 rings (SSSR count). The van der Waals surface area contributed by atoms with E-state index in [1.807, 2.05) is 5.43 Å². The summed E-state index contributed by atoms with van der Waals surface area (Å²) in [5.74, 6) is 4.39. The van der Waals surface area contributed by atoms with Crippen LogP contribution in [-0.2, 0) is 14.3 Å². The molecule has 0 bridgehead atoms. The normalized spacial score (nSPS) is 9.17. The summed E-state index contributed by atoms with van der Waals surface area (Å²) >= 11 is 0. The Morgan fingerprint density at radius 3 is 2.42 bits per heavy atom. The van der Waals surface area contributed by atoms with E-state index in [1.165, 1.54) is 7.11 Å². The van der Waals surface area contributed by atoms with E-state index in [1.54, 1.807) is 0 Å². The lowest BCUT2D eigenvalue weighted by Gasteiger charge is -1.99. The fourth-order valence-electron chi connectivity index (χ4n) is 0.729. The van der Waals surface area contributed by atoms with Gasteiger partial charge in [-0.05, 0) is 12.8 Å². The van der Waals surface area contributed by atoms with Crippen LogP contribution in [-0.4, -0.2) is 19.0 Å². The molecule has 0 saturated heterocycles. The number of nitrogens with one attached hydrogen (secondary N) is 1. The molecule has 0 atom stereocenters. The smallest absolute Gasteiger partial charge is 0.305 e. The summed E-state index contributed by atoms with van der Waals surface area (Å²) < 4.78 is 4.42. The van der Waals surface area contributed by atoms with Crippen molar-refractivity contribution < 1.29 is 14.3 Å². The highest BCUT2D eigenvalue weighted by Crippen LogP contribution is 2.00. The second kappa shape index (κ2) is 6.60. The average molecular weight is 174 g/mol. The summed E-state index contributed by atoms with van der Waals surface area (Å²) in [4.78, 5) is 21.2. The minimum Gasteiger partial charge on any atom is -0.469 e. The van der Waals surface area contributed by atoms with Crippen molar-refractivity contribution in [3.63, 3.8) is 0 Å². The maximum absolute atomic E-state index is 10.6. The highest BCUT2D eigenvalue weighted by molar-refractivity contribution is 5.75. The van der Waals surface area contributed by atoms with Crippen LogP contribution in [0.1, 0.15) is 25.7 Å². The molecule has 0 aliphatic heterocycles. The van der Waals surface area contributed by atoms with E-state index >= 15 is 0 Å². The summed E-state index contributed by atoms with van der Waals surface area (Å²) in [5.41, 5.74) is 2.01. The molecule has 12 heavy (non-hydrogen) atoms. The molecule has 0 spiro atoms.